The second-order valence-corrected chi connectivity index (χ2v) is 7.60. The van der Waals surface area contributed by atoms with Gasteiger partial charge in [0, 0.05) is 11.1 Å². The zero-order valence-corrected chi connectivity index (χ0v) is 19.6. The molecule has 174 valence electrons. The van der Waals surface area contributed by atoms with Gasteiger partial charge >= 0.3 is 6.09 Å². The summed E-state index contributed by atoms with van der Waals surface area (Å²) in [5, 5.41) is 21.0. The maximum atomic E-state index is 12.0. The van der Waals surface area contributed by atoms with Gasteiger partial charge in [0.15, 0.2) is 5.75 Å². The number of anilines is 1. The Balaban J connectivity index is 2.26. The zero-order chi connectivity index (χ0) is 24.7. The number of nitrogens with one attached hydrogen (secondary N) is 3. The second-order valence-electron chi connectivity index (χ2n) is 6.78. The molecule has 0 saturated carbocycles. The van der Waals surface area contributed by atoms with Crippen LogP contribution in [0.4, 0.5) is 10.5 Å². The molecule has 0 aliphatic rings. The molecule has 0 fully saturated rings. The Labute approximate surface area is 198 Å². The first-order chi connectivity index (χ1) is 15.6. The van der Waals surface area contributed by atoms with Crippen molar-refractivity contribution in [2.24, 2.45) is 5.10 Å². The third-order valence-electron chi connectivity index (χ3n) is 4.11. The van der Waals surface area contributed by atoms with Crippen LogP contribution in [-0.2, 0) is 9.53 Å². The predicted molar refractivity (Wildman–Crippen MR) is 122 cm³/mol. The fourth-order valence-electron chi connectivity index (χ4n) is 2.71. The van der Waals surface area contributed by atoms with Crippen molar-refractivity contribution in [1.29, 1.82) is 5.26 Å². The molecule has 0 unspecified atom stereocenters. The Bertz CT molecular complexity index is 1180. The van der Waals surface area contributed by atoms with Crippen molar-refractivity contribution in [2.45, 2.75) is 33.6 Å². The van der Waals surface area contributed by atoms with E-state index in [9.17, 15) is 14.4 Å². The number of aromatic nitrogens is 2. The molecule has 2 amide bonds. The van der Waals surface area contributed by atoms with Gasteiger partial charge in [0.1, 0.15) is 6.07 Å². The molecular formula is C20H20Cl2N6O5. The summed E-state index contributed by atoms with van der Waals surface area (Å²) in [5.74, 6) is -0.917. The minimum absolute atomic E-state index is 0.0503. The molecule has 1 aromatic carbocycles. The van der Waals surface area contributed by atoms with Gasteiger partial charge in [0.2, 0.25) is 11.6 Å². The van der Waals surface area contributed by atoms with E-state index in [4.69, 9.17) is 33.2 Å². The van der Waals surface area contributed by atoms with Gasteiger partial charge in [0.25, 0.3) is 11.5 Å². The lowest BCUT2D eigenvalue weighted by Gasteiger charge is -2.14. The summed E-state index contributed by atoms with van der Waals surface area (Å²) in [5.41, 5.74) is 2.80. The normalized spacial score (nSPS) is 11.0. The van der Waals surface area contributed by atoms with E-state index in [1.54, 1.807) is 19.9 Å². The molecule has 3 N–H and O–H groups in total. The van der Waals surface area contributed by atoms with E-state index in [-0.39, 0.29) is 45.4 Å². The number of ether oxygens (including phenoxy) is 2. The summed E-state index contributed by atoms with van der Waals surface area (Å²) in [4.78, 5) is 35.2. The van der Waals surface area contributed by atoms with Gasteiger partial charge in [-0.25, -0.2) is 9.89 Å². The first-order valence-electron chi connectivity index (χ1n) is 9.56. The number of hydrazone groups is 1. The first kappa shape index (κ1) is 25.6. The molecule has 1 aromatic heterocycles. The Kier molecular flexibility index (Phi) is 8.78. The number of alkyl carbamates (subject to hydrolysis) is 1. The summed E-state index contributed by atoms with van der Waals surface area (Å²) < 4.78 is 10.3. The Morgan fingerprint density at radius 1 is 1.30 bits per heavy atom. The summed E-state index contributed by atoms with van der Waals surface area (Å²) in [6, 6.07) is 4.33. The number of hydrogen-bond donors (Lipinski definition) is 3. The van der Waals surface area contributed by atoms with Crippen LogP contribution in [0.3, 0.4) is 0 Å². The second kappa shape index (κ2) is 11.3. The highest BCUT2D eigenvalue weighted by Gasteiger charge is 2.19. The fraction of sp³-hybridized carbons (Fsp3) is 0.300. The van der Waals surface area contributed by atoms with Gasteiger partial charge in [-0.1, -0.05) is 37.0 Å². The molecule has 2 rings (SSSR count). The van der Waals surface area contributed by atoms with Gasteiger partial charge in [-0.05, 0) is 31.9 Å². The van der Waals surface area contributed by atoms with E-state index < -0.39 is 17.7 Å². The van der Waals surface area contributed by atoms with Crippen LogP contribution in [0.2, 0.25) is 10.0 Å². The highest BCUT2D eigenvalue weighted by Crippen LogP contribution is 2.39. The number of carbonyl (C=O) groups excluding carboxylic acids is 2. The lowest BCUT2D eigenvalue weighted by atomic mass is 10.0. The van der Waals surface area contributed by atoms with E-state index in [1.165, 1.54) is 12.1 Å². The van der Waals surface area contributed by atoms with Crippen LogP contribution in [-0.4, -0.2) is 34.5 Å². The number of halogens is 2. The molecule has 0 radical (unpaired) electrons. The predicted octanol–water partition coefficient (Wildman–Crippen LogP) is 3.87. The lowest BCUT2D eigenvalue weighted by Crippen LogP contribution is -2.36. The van der Waals surface area contributed by atoms with Crippen molar-refractivity contribution in [1.82, 2.24) is 15.5 Å². The average Bonchev–Trinajstić information content (AvgIpc) is 2.72. The maximum Gasteiger partial charge on any atom is 0.414 e. The van der Waals surface area contributed by atoms with Gasteiger partial charge in [0.05, 0.1) is 22.3 Å². The number of imide groups is 1. The minimum atomic E-state index is -1.05. The van der Waals surface area contributed by atoms with Crippen molar-refractivity contribution in [3.8, 4) is 17.7 Å². The van der Waals surface area contributed by atoms with E-state index >= 15 is 0 Å². The summed E-state index contributed by atoms with van der Waals surface area (Å²) in [6.45, 7) is 7.04. The largest absolute Gasteiger partial charge is 0.450 e. The highest BCUT2D eigenvalue weighted by molar-refractivity contribution is 6.47. The zero-order valence-electron chi connectivity index (χ0n) is 18.1. The van der Waals surface area contributed by atoms with Crippen molar-refractivity contribution in [2.75, 3.05) is 12.0 Å². The van der Waals surface area contributed by atoms with E-state index in [1.807, 2.05) is 19.2 Å². The average molecular weight is 495 g/mol. The van der Waals surface area contributed by atoms with Gasteiger partial charge in [-0.15, -0.1) is 5.10 Å². The number of benzene rings is 1. The molecule has 33 heavy (non-hydrogen) atoms. The molecule has 11 nitrogen and oxygen atoms in total. The summed E-state index contributed by atoms with van der Waals surface area (Å²) in [6.07, 6.45) is -1.01. The van der Waals surface area contributed by atoms with E-state index in [0.29, 0.717) is 11.1 Å². The molecule has 0 aliphatic heterocycles. The standard InChI is InChI=1S/C20H20Cl2N6O5/c1-5-32-20(31)24-17(29)14(8-23)26-25-11-6-12(21)16(13(22)7-11)33-19-10(4)15(9(2)3)18(30)27-28-19/h6-7,9,25H,5H2,1-4H3,(H,27,30)(H,24,29,31)/b26-14+. The van der Waals surface area contributed by atoms with Crippen molar-refractivity contribution in [3.63, 3.8) is 0 Å². The number of hydrogen-bond acceptors (Lipinski definition) is 9. The molecule has 0 saturated heterocycles. The topological polar surface area (TPSA) is 159 Å². The van der Waals surface area contributed by atoms with Crippen LogP contribution in [0, 0.1) is 18.3 Å². The van der Waals surface area contributed by atoms with E-state index in [2.05, 4.69) is 25.5 Å². The number of carbonyl (C=O) groups is 2. The minimum Gasteiger partial charge on any atom is -0.450 e. The summed E-state index contributed by atoms with van der Waals surface area (Å²) in [7, 11) is 0. The Morgan fingerprint density at radius 3 is 2.48 bits per heavy atom. The molecule has 2 aromatic rings. The van der Waals surface area contributed by atoms with Gasteiger partial charge in [-0.3, -0.25) is 20.3 Å². The molecular weight excluding hydrogens is 475 g/mol. The molecule has 0 atom stereocenters. The molecule has 0 spiro atoms. The highest BCUT2D eigenvalue weighted by atomic mass is 35.5. The van der Waals surface area contributed by atoms with Crippen LogP contribution >= 0.6 is 23.2 Å². The SMILES string of the molecule is CCOC(=O)NC(=O)/C(C#N)=N/Nc1cc(Cl)c(Oc2n[nH]c(=O)c(C(C)C)c2C)c(Cl)c1. The lowest BCUT2D eigenvalue weighted by molar-refractivity contribution is -0.114. The monoisotopic (exact) mass is 494 g/mol. The third kappa shape index (κ3) is 6.44. The Hall–Kier alpha value is -3.62. The smallest absolute Gasteiger partial charge is 0.414 e. The third-order valence-corrected chi connectivity index (χ3v) is 4.67. The number of amides is 2. The molecule has 0 aliphatic carbocycles. The van der Waals surface area contributed by atoms with Crippen LogP contribution in [0.1, 0.15) is 37.8 Å². The fourth-order valence-corrected chi connectivity index (χ4v) is 3.27. The van der Waals surface area contributed by atoms with Crippen LogP contribution in [0.25, 0.3) is 0 Å². The quantitative estimate of drug-likeness (QED) is 0.386. The van der Waals surface area contributed by atoms with Gasteiger partial charge < -0.3 is 9.47 Å². The van der Waals surface area contributed by atoms with Crippen LogP contribution < -0.4 is 21.0 Å². The number of nitriles is 1. The number of nitrogens with zero attached hydrogens (tertiary/aromatic N) is 3. The number of aromatic amines is 1. The van der Waals surface area contributed by atoms with Crippen LogP contribution in [0.15, 0.2) is 22.0 Å². The van der Waals surface area contributed by atoms with Gasteiger partial charge in [-0.2, -0.15) is 10.4 Å². The van der Waals surface area contributed by atoms with Crippen molar-refractivity contribution in [3.05, 3.63) is 43.7 Å². The number of rotatable bonds is 7. The number of H-pyrrole nitrogens is 1. The van der Waals surface area contributed by atoms with Crippen LogP contribution in [0.5, 0.6) is 11.6 Å². The maximum absolute atomic E-state index is 12.0. The van der Waals surface area contributed by atoms with Crippen molar-refractivity contribution >= 4 is 46.6 Å². The molecule has 1 heterocycles. The van der Waals surface area contributed by atoms with Crippen molar-refractivity contribution < 1.29 is 19.1 Å². The molecule has 0 bridgehead atoms. The summed E-state index contributed by atoms with van der Waals surface area (Å²) >= 11 is 12.6. The Morgan fingerprint density at radius 2 is 1.94 bits per heavy atom. The first-order valence-corrected chi connectivity index (χ1v) is 10.3. The molecule has 13 heteroatoms. The van der Waals surface area contributed by atoms with E-state index in [0.717, 1.165) is 0 Å².